The highest BCUT2D eigenvalue weighted by atomic mass is 32.1. The molecular formula is C20H23N3O2S. The monoisotopic (exact) mass is 369 g/mol. The Morgan fingerprint density at radius 1 is 1.19 bits per heavy atom. The maximum atomic E-state index is 5.71. The zero-order valence-corrected chi connectivity index (χ0v) is 16.5. The lowest BCUT2D eigenvalue weighted by Gasteiger charge is -2.09. The fourth-order valence-corrected chi connectivity index (χ4v) is 3.53. The molecule has 136 valence electrons. The molecule has 2 heterocycles. The van der Waals surface area contributed by atoms with Crippen LogP contribution in [0.15, 0.2) is 56.3 Å². The van der Waals surface area contributed by atoms with Crippen molar-refractivity contribution < 1.29 is 9.15 Å². The average Bonchev–Trinajstić information content (AvgIpc) is 3.21. The first-order chi connectivity index (χ1) is 12.5. The molecule has 3 rings (SSSR count). The molecule has 0 amide bonds. The number of hydrogen-bond donors (Lipinski definition) is 0. The number of para-hydroxylation sites is 1. The van der Waals surface area contributed by atoms with Crippen LogP contribution >= 0.6 is 11.3 Å². The number of furan rings is 1. The van der Waals surface area contributed by atoms with Crippen LogP contribution in [0.25, 0.3) is 11.3 Å². The van der Waals surface area contributed by atoms with Crippen LogP contribution in [0.2, 0.25) is 0 Å². The van der Waals surface area contributed by atoms with Crippen molar-refractivity contribution in [3.63, 3.8) is 0 Å². The Kier molecular flexibility index (Phi) is 5.42. The predicted octanol–water partition coefficient (Wildman–Crippen LogP) is 4.71. The Balaban J connectivity index is 2.20. The molecule has 2 aromatic heterocycles. The molecule has 0 saturated heterocycles. The first-order valence-electron chi connectivity index (χ1n) is 8.49. The number of aromatic nitrogens is 1. The van der Waals surface area contributed by atoms with Gasteiger partial charge in [0.05, 0.1) is 12.8 Å². The third-order valence-corrected chi connectivity index (χ3v) is 4.61. The normalized spacial score (nSPS) is 12.8. The van der Waals surface area contributed by atoms with Gasteiger partial charge in [-0.1, -0.05) is 12.1 Å². The van der Waals surface area contributed by atoms with Gasteiger partial charge in [-0.2, -0.15) is 5.10 Å². The summed E-state index contributed by atoms with van der Waals surface area (Å²) in [5.41, 5.74) is 2.70. The minimum absolute atomic E-state index is 0.173. The Labute approximate surface area is 157 Å². The summed E-state index contributed by atoms with van der Waals surface area (Å²) in [6.45, 7) is 7.97. The minimum Gasteiger partial charge on any atom is -0.496 e. The highest BCUT2D eigenvalue weighted by Gasteiger charge is 2.13. The lowest BCUT2D eigenvalue weighted by molar-refractivity contribution is 0.416. The van der Waals surface area contributed by atoms with Crippen molar-refractivity contribution in [2.75, 3.05) is 7.11 Å². The van der Waals surface area contributed by atoms with Gasteiger partial charge in [0, 0.05) is 17.0 Å². The van der Waals surface area contributed by atoms with E-state index in [0.29, 0.717) is 0 Å². The summed E-state index contributed by atoms with van der Waals surface area (Å²) in [4.78, 5) is 5.55. The average molecular weight is 369 g/mol. The van der Waals surface area contributed by atoms with Crippen LogP contribution in [-0.2, 0) is 0 Å². The molecule has 0 unspecified atom stereocenters. The van der Waals surface area contributed by atoms with Crippen molar-refractivity contribution in [2.45, 2.75) is 33.7 Å². The van der Waals surface area contributed by atoms with Gasteiger partial charge in [0.25, 0.3) is 0 Å². The molecule has 0 N–H and O–H groups in total. The zero-order valence-electron chi connectivity index (χ0n) is 15.7. The van der Waals surface area contributed by atoms with Gasteiger partial charge in [-0.05, 0) is 52.0 Å². The second-order valence-corrected chi connectivity index (χ2v) is 7.07. The maximum Gasteiger partial charge on any atom is 0.206 e. The molecule has 0 radical (unpaired) electrons. The van der Waals surface area contributed by atoms with Crippen molar-refractivity contribution in [1.82, 2.24) is 4.68 Å². The highest BCUT2D eigenvalue weighted by molar-refractivity contribution is 7.07. The standard InChI is InChI=1S/C20H23N3O2S/c1-13(2)21-20-23(22-15(4)18-11-10-14(3)25-18)17(12-26-20)16-8-6-7-9-19(16)24-5/h6-13H,1-5H3. The first-order valence-corrected chi connectivity index (χ1v) is 9.37. The Bertz CT molecular complexity index is 992. The second kappa shape index (κ2) is 7.74. The topological polar surface area (TPSA) is 52.0 Å². The van der Waals surface area contributed by atoms with E-state index < -0.39 is 0 Å². The molecule has 0 fully saturated rings. The van der Waals surface area contributed by atoms with Crippen LogP contribution in [0, 0.1) is 6.92 Å². The predicted molar refractivity (Wildman–Crippen MR) is 106 cm³/mol. The molecular weight excluding hydrogens is 346 g/mol. The molecule has 5 nitrogen and oxygen atoms in total. The fraction of sp³-hybridized carbons (Fsp3) is 0.300. The van der Waals surface area contributed by atoms with E-state index in [0.717, 1.165) is 39.0 Å². The molecule has 0 saturated carbocycles. The van der Waals surface area contributed by atoms with Crippen molar-refractivity contribution in [2.24, 2.45) is 10.1 Å². The number of thiazole rings is 1. The van der Waals surface area contributed by atoms with Crippen LogP contribution in [0.3, 0.4) is 0 Å². The zero-order chi connectivity index (χ0) is 18.7. The summed E-state index contributed by atoms with van der Waals surface area (Å²) in [5, 5.41) is 6.87. The van der Waals surface area contributed by atoms with Crippen LogP contribution in [0.1, 0.15) is 32.3 Å². The van der Waals surface area contributed by atoms with Crippen molar-refractivity contribution >= 4 is 17.0 Å². The van der Waals surface area contributed by atoms with E-state index in [9.17, 15) is 0 Å². The maximum absolute atomic E-state index is 5.71. The van der Waals surface area contributed by atoms with Crippen LogP contribution < -0.4 is 9.54 Å². The number of rotatable bonds is 5. The molecule has 6 heteroatoms. The number of methoxy groups -OCH3 is 1. The van der Waals surface area contributed by atoms with E-state index in [2.05, 4.69) is 19.2 Å². The molecule has 0 bridgehead atoms. The lowest BCUT2D eigenvalue weighted by Crippen LogP contribution is -2.16. The number of hydrogen-bond acceptors (Lipinski definition) is 5. The van der Waals surface area contributed by atoms with Crippen LogP contribution in [0.4, 0.5) is 0 Å². The smallest absolute Gasteiger partial charge is 0.206 e. The van der Waals surface area contributed by atoms with E-state index in [1.807, 2.05) is 54.9 Å². The Morgan fingerprint density at radius 2 is 1.96 bits per heavy atom. The van der Waals surface area contributed by atoms with Crippen LogP contribution in [0.5, 0.6) is 5.75 Å². The molecule has 0 spiro atoms. The molecule has 0 aliphatic carbocycles. The summed E-state index contributed by atoms with van der Waals surface area (Å²) in [5.74, 6) is 2.42. The SMILES string of the molecule is COc1ccccc1-c1csc(=NC(C)C)n1N=C(C)c1ccc(C)o1. The summed E-state index contributed by atoms with van der Waals surface area (Å²) >= 11 is 1.56. The van der Waals surface area contributed by atoms with Crippen molar-refractivity contribution in [3.05, 3.63) is 58.1 Å². The van der Waals surface area contributed by atoms with Gasteiger partial charge in [-0.25, -0.2) is 4.68 Å². The van der Waals surface area contributed by atoms with Gasteiger partial charge in [0.2, 0.25) is 4.80 Å². The Hall–Kier alpha value is -2.60. The summed E-state index contributed by atoms with van der Waals surface area (Å²) in [7, 11) is 1.68. The largest absolute Gasteiger partial charge is 0.496 e. The van der Waals surface area contributed by atoms with Crippen LogP contribution in [-0.4, -0.2) is 23.5 Å². The van der Waals surface area contributed by atoms with Crippen molar-refractivity contribution in [1.29, 1.82) is 0 Å². The van der Waals surface area contributed by atoms with E-state index in [-0.39, 0.29) is 6.04 Å². The number of benzene rings is 1. The molecule has 0 aliphatic heterocycles. The van der Waals surface area contributed by atoms with Gasteiger partial charge in [-0.15, -0.1) is 11.3 Å². The number of ether oxygens (including phenoxy) is 1. The van der Waals surface area contributed by atoms with E-state index in [1.54, 1.807) is 18.4 Å². The van der Waals surface area contributed by atoms with E-state index >= 15 is 0 Å². The van der Waals surface area contributed by atoms with E-state index in [1.165, 1.54) is 0 Å². The fourth-order valence-electron chi connectivity index (χ4n) is 2.58. The third-order valence-electron chi connectivity index (χ3n) is 3.78. The minimum atomic E-state index is 0.173. The first kappa shape index (κ1) is 18.2. The van der Waals surface area contributed by atoms with Gasteiger partial charge in [0.15, 0.2) is 0 Å². The number of aryl methyl sites for hydroxylation is 1. The van der Waals surface area contributed by atoms with Crippen molar-refractivity contribution in [3.8, 4) is 17.0 Å². The highest BCUT2D eigenvalue weighted by Crippen LogP contribution is 2.30. The Morgan fingerprint density at radius 3 is 2.62 bits per heavy atom. The number of nitrogens with zero attached hydrogens (tertiary/aromatic N) is 3. The molecule has 0 atom stereocenters. The van der Waals surface area contributed by atoms with Gasteiger partial charge >= 0.3 is 0 Å². The third kappa shape index (κ3) is 3.80. The van der Waals surface area contributed by atoms with Gasteiger partial charge in [-0.3, -0.25) is 4.99 Å². The van der Waals surface area contributed by atoms with Gasteiger partial charge in [0.1, 0.15) is 23.0 Å². The molecule has 26 heavy (non-hydrogen) atoms. The molecule has 1 aromatic carbocycles. The van der Waals surface area contributed by atoms with Gasteiger partial charge < -0.3 is 9.15 Å². The summed E-state index contributed by atoms with van der Waals surface area (Å²) < 4.78 is 13.1. The lowest BCUT2D eigenvalue weighted by atomic mass is 10.1. The summed E-state index contributed by atoms with van der Waals surface area (Å²) in [6, 6.07) is 12.0. The molecule has 0 aliphatic rings. The van der Waals surface area contributed by atoms with E-state index in [4.69, 9.17) is 19.2 Å². The second-order valence-electron chi connectivity index (χ2n) is 6.23. The quantitative estimate of drug-likeness (QED) is 0.612. The summed E-state index contributed by atoms with van der Waals surface area (Å²) in [6.07, 6.45) is 0. The molecule has 3 aromatic rings.